The lowest BCUT2D eigenvalue weighted by atomic mass is 9.66. The summed E-state index contributed by atoms with van der Waals surface area (Å²) in [4.78, 5) is 15.0. The van der Waals surface area contributed by atoms with Crippen LogP contribution in [0.5, 0.6) is 11.5 Å². The molecule has 0 radical (unpaired) electrons. The van der Waals surface area contributed by atoms with Crippen LogP contribution in [0.4, 0.5) is 0 Å². The van der Waals surface area contributed by atoms with Gasteiger partial charge in [-0.3, -0.25) is 15.0 Å². The molecule has 13 aromatic rings. The van der Waals surface area contributed by atoms with Gasteiger partial charge in [0.15, 0.2) is 0 Å². The van der Waals surface area contributed by atoms with Crippen molar-refractivity contribution in [2.24, 2.45) is 0 Å². The number of para-hydroxylation sites is 3. The van der Waals surface area contributed by atoms with Gasteiger partial charge in [0.2, 0.25) is 0 Å². The molecule has 318 valence electrons. The number of aromatic nitrogens is 6. The summed E-state index contributed by atoms with van der Waals surface area (Å²) in [5.41, 5.74) is 14.9. The fourth-order valence-corrected chi connectivity index (χ4v) is 11.8. The maximum Gasteiger partial charge on any atom is 0.132 e. The average Bonchev–Trinajstić information content (AvgIpc) is 4.12. The summed E-state index contributed by atoms with van der Waals surface area (Å²) in [6.45, 7) is 0. The SMILES string of the molecule is N#Cc1ccc2c(c1)c1ccccc1n2-c1ccc2c(c1)c1cc(C#N)ccc1n2-c1ccc2c(c1)C1(c3ccccc3O2)c2cccnc2-c2ncc(-n3c4ccccc4c4ccncc43)cc21. The number of pyridine rings is 3. The van der Waals surface area contributed by atoms with Gasteiger partial charge in [0.05, 0.1) is 91.2 Å². The van der Waals surface area contributed by atoms with E-state index in [2.05, 4.69) is 146 Å². The van der Waals surface area contributed by atoms with Crippen LogP contribution in [-0.2, 0) is 5.41 Å². The van der Waals surface area contributed by atoms with E-state index < -0.39 is 5.41 Å². The molecule has 0 bridgehead atoms. The number of hydrogen-bond acceptors (Lipinski definition) is 6. The smallest absolute Gasteiger partial charge is 0.132 e. The van der Waals surface area contributed by atoms with Gasteiger partial charge in [-0.1, -0.05) is 60.7 Å². The molecule has 1 unspecified atom stereocenters. The Morgan fingerprint density at radius 2 is 0.942 bits per heavy atom. The lowest BCUT2D eigenvalue weighted by molar-refractivity contribution is 0.436. The third-order valence-electron chi connectivity index (χ3n) is 14.5. The van der Waals surface area contributed by atoms with Gasteiger partial charge in [-0.2, -0.15) is 10.5 Å². The van der Waals surface area contributed by atoms with Crippen molar-refractivity contribution in [3.8, 4) is 52.1 Å². The first-order chi connectivity index (χ1) is 34.1. The van der Waals surface area contributed by atoms with Gasteiger partial charge in [-0.25, -0.2) is 0 Å². The first-order valence-electron chi connectivity index (χ1n) is 22.8. The van der Waals surface area contributed by atoms with Gasteiger partial charge in [0, 0.05) is 72.8 Å². The predicted octanol–water partition coefficient (Wildman–Crippen LogP) is 13.4. The Hall–Kier alpha value is -9.83. The zero-order valence-corrected chi connectivity index (χ0v) is 36.5. The van der Waals surface area contributed by atoms with Crippen molar-refractivity contribution in [3.05, 3.63) is 228 Å². The van der Waals surface area contributed by atoms with Crippen molar-refractivity contribution >= 4 is 65.4 Å². The number of fused-ring (bicyclic) bond motifs is 18. The highest BCUT2D eigenvalue weighted by molar-refractivity contribution is 6.13. The number of rotatable bonds is 3. The molecular weight excluding hydrogens is 849 g/mol. The molecule has 0 N–H and O–H groups in total. The van der Waals surface area contributed by atoms with Crippen LogP contribution in [0, 0.1) is 22.7 Å². The molecule has 6 aromatic heterocycles. The van der Waals surface area contributed by atoms with Crippen LogP contribution in [-0.4, -0.2) is 28.7 Å². The minimum Gasteiger partial charge on any atom is -0.457 e. The van der Waals surface area contributed by atoms with Crippen molar-refractivity contribution < 1.29 is 4.74 Å². The standard InChI is InChI=1S/C60H32N8O/c61-31-35-15-19-52-43(26-35)41-9-2-5-13-51(41)66(52)37-17-21-54-45(28-37)44-27-36(32-62)16-20-53(44)67(54)38-18-22-57-48(29-38)60(46-10-3-6-14-56(46)69-57)47-11-7-24-64-58(47)59-49(60)30-39(33-65-59)68-50-12-4-1-8-40(50)42-23-25-63-34-55(42)68/h1-30,33-34H. The second-order valence-corrected chi connectivity index (χ2v) is 17.8. The summed E-state index contributed by atoms with van der Waals surface area (Å²) in [6, 6.07) is 63.3. The van der Waals surface area contributed by atoms with Crippen LogP contribution in [0.25, 0.3) is 93.9 Å². The Labute approximate surface area is 393 Å². The molecule has 1 atom stereocenters. The first-order valence-corrected chi connectivity index (χ1v) is 22.8. The average molecular weight is 881 g/mol. The molecule has 9 heteroatoms. The van der Waals surface area contributed by atoms with E-state index in [4.69, 9.17) is 14.7 Å². The van der Waals surface area contributed by atoms with Gasteiger partial charge in [0.25, 0.3) is 0 Å². The van der Waals surface area contributed by atoms with Crippen molar-refractivity contribution in [1.82, 2.24) is 28.7 Å². The minimum absolute atomic E-state index is 0.580. The summed E-state index contributed by atoms with van der Waals surface area (Å²) in [5.74, 6) is 1.52. The van der Waals surface area contributed by atoms with E-state index in [0.29, 0.717) is 11.1 Å². The Morgan fingerprint density at radius 3 is 1.71 bits per heavy atom. The van der Waals surface area contributed by atoms with E-state index in [1.807, 2.05) is 79.4 Å². The van der Waals surface area contributed by atoms with E-state index in [1.165, 1.54) is 0 Å². The van der Waals surface area contributed by atoms with Crippen LogP contribution in [0.2, 0.25) is 0 Å². The highest BCUT2D eigenvalue weighted by Gasteiger charge is 2.53. The third kappa shape index (κ3) is 4.87. The molecule has 2 aliphatic rings. The fourth-order valence-electron chi connectivity index (χ4n) is 11.8. The Morgan fingerprint density at radius 1 is 0.391 bits per heavy atom. The summed E-state index contributed by atoms with van der Waals surface area (Å²) >= 11 is 0. The second-order valence-electron chi connectivity index (χ2n) is 17.8. The second kappa shape index (κ2) is 13.6. The lowest BCUT2D eigenvalue weighted by Gasteiger charge is -2.39. The quantitative estimate of drug-likeness (QED) is 0.175. The number of benzene rings is 7. The molecule has 7 heterocycles. The third-order valence-corrected chi connectivity index (χ3v) is 14.5. The lowest BCUT2D eigenvalue weighted by Crippen LogP contribution is -2.32. The zero-order chi connectivity index (χ0) is 45.5. The molecule has 69 heavy (non-hydrogen) atoms. The highest BCUT2D eigenvalue weighted by Crippen LogP contribution is 2.62. The Kier molecular flexibility index (Phi) is 7.38. The fraction of sp³-hybridized carbons (Fsp3) is 0.0167. The molecule has 1 spiro atoms. The van der Waals surface area contributed by atoms with Crippen LogP contribution in [0.1, 0.15) is 33.4 Å². The summed E-state index contributed by atoms with van der Waals surface area (Å²) < 4.78 is 13.7. The zero-order valence-electron chi connectivity index (χ0n) is 36.5. The number of hydrogen-bond donors (Lipinski definition) is 0. The summed E-state index contributed by atoms with van der Waals surface area (Å²) in [5, 5.41) is 26.4. The number of nitrogens with zero attached hydrogens (tertiary/aromatic N) is 8. The molecule has 0 saturated heterocycles. The molecule has 7 aromatic carbocycles. The molecular formula is C60H32N8O. The molecule has 1 aliphatic carbocycles. The van der Waals surface area contributed by atoms with Crippen molar-refractivity contribution in [1.29, 1.82) is 10.5 Å². The maximum absolute atomic E-state index is 10.2. The van der Waals surface area contributed by atoms with Crippen LogP contribution < -0.4 is 4.74 Å². The first kappa shape index (κ1) is 37.4. The van der Waals surface area contributed by atoms with Gasteiger partial charge in [-0.15, -0.1) is 0 Å². The largest absolute Gasteiger partial charge is 0.457 e. The van der Waals surface area contributed by atoms with E-state index in [0.717, 1.165) is 128 Å². The van der Waals surface area contributed by atoms with Crippen LogP contribution in [0.15, 0.2) is 195 Å². The van der Waals surface area contributed by atoms with Crippen molar-refractivity contribution in [3.63, 3.8) is 0 Å². The van der Waals surface area contributed by atoms with Crippen LogP contribution in [0.3, 0.4) is 0 Å². The molecule has 9 nitrogen and oxygen atoms in total. The van der Waals surface area contributed by atoms with Gasteiger partial charge < -0.3 is 18.4 Å². The molecule has 0 fully saturated rings. The summed E-state index contributed by atoms with van der Waals surface area (Å²) in [7, 11) is 0. The van der Waals surface area contributed by atoms with Gasteiger partial charge in [-0.05, 0) is 115 Å². The maximum atomic E-state index is 10.2. The number of nitriles is 2. The van der Waals surface area contributed by atoms with Crippen molar-refractivity contribution in [2.45, 2.75) is 5.41 Å². The topological polar surface area (TPSA) is 110 Å². The monoisotopic (exact) mass is 880 g/mol. The molecule has 15 rings (SSSR count). The Bertz CT molecular complexity index is 4470. The highest BCUT2D eigenvalue weighted by atomic mass is 16.5. The minimum atomic E-state index is -0.874. The van der Waals surface area contributed by atoms with Crippen LogP contribution >= 0.6 is 0 Å². The van der Waals surface area contributed by atoms with Gasteiger partial charge in [0.1, 0.15) is 11.5 Å². The summed E-state index contributed by atoms with van der Waals surface area (Å²) in [6.07, 6.45) is 7.59. The van der Waals surface area contributed by atoms with E-state index in [9.17, 15) is 10.5 Å². The van der Waals surface area contributed by atoms with Gasteiger partial charge >= 0.3 is 0 Å². The van der Waals surface area contributed by atoms with E-state index in [1.54, 1.807) is 0 Å². The van der Waals surface area contributed by atoms with Crippen molar-refractivity contribution in [2.75, 3.05) is 0 Å². The molecule has 0 saturated carbocycles. The van der Waals surface area contributed by atoms with E-state index in [-0.39, 0.29) is 0 Å². The van der Waals surface area contributed by atoms with E-state index >= 15 is 0 Å². The molecule has 1 aliphatic heterocycles. The molecule has 0 amide bonds. The predicted molar refractivity (Wildman–Crippen MR) is 270 cm³/mol. The normalized spacial score (nSPS) is 14.5. The number of ether oxygens (including phenoxy) is 1. The Balaban J connectivity index is 0.996.